The van der Waals surface area contributed by atoms with E-state index in [0.717, 1.165) is 40.4 Å². The van der Waals surface area contributed by atoms with Gasteiger partial charge in [-0.05, 0) is 72.7 Å². The number of hydrogen-bond donors (Lipinski definition) is 2. The van der Waals surface area contributed by atoms with Crippen LogP contribution in [0.2, 0.25) is 36.3 Å². The number of hydrogen-bond acceptors (Lipinski definition) is 14. The third-order valence-electron chi connectivity index (χ3n) is 16.3. The van der Waals surface area contributed by atoms with Crippen LogP contribution in [0.5, 0.6) is 0 Å². The molecule has 432 valence electrons. The molecule has 2 N–H and O–H groups in total. The lowest BCUT2D eigenvalue weighted by molar-refractivity contribution is 0.0750. The van der Waals surface area contributed by atoms with Crippen LogP contribution in [0.1, 0.15) is 79.9 Å². The number of aliphatic hydroxyl groups is 1. The highest BCUT2D eigenvalue weighted by Crippen LogP contribution is 2.45. The van der Waals surface area contributed by atoms with Crippen LogP contribution in [0.4, 0.5) is 0 Å². The van der Waals surface area contributed by atoms with Gasteiger partial charge in [0.15, 0.2) is 22.1 Å². The summed E-state index contributed by atoms with van der Waals surface area (Å²) in [7, 11) is -9.38. The van der Waals surface area contributed by atoms with Crippen molar-refractivity contribution in [3.63, 3.8) is 0 Å². The van der Waals surface area contributed by atoms with Crippen LogP contribution in [-0.2, 0) is 30.9 Å². The summed E-state index contributed by atoms with van der Waals surface area (Å²) >= 11 is 0. The minimum absolute atomic E-state index is 0.0585. The number of aromatic nitrogens is 10. The molecule has 0 amide bonds. The van der Waals surface area contributed by atoms with Gasteiger partial charge < -0.3 is 10.1 Å². The average molecular weight is 1180 g/mol. The molecule has 10 rings (SSSR count). The monoisotopic (exact) mass is 1180 g/mol. The molecule has 2 aliphatic rings. The Morgan fingerprint density at radius 3 is 1.49 bits per heavy atom. The number of carbonyl (C=O) groups is 1. The largest absolute Gasteiger partial charge is 0.400 e. The second kappa shape index (κ2) is 22.6. The first-order valence-electron chi connectivity index (χ1n) is 27.1. The summed E-state index contributed by atoms with van der Waals surface area (Å²) in [5.74, 6) is -0.0597. The quantitative estimate of drug-likeness (QED) is 0.108. The molecule has 8 heterocycles. The molecule has 24 heteroatoms. The summed E-state index contributed by atoms with van der Waals surface area (Å²) in [6.07, 6.45) is 14.3. The maximum absolute atomic E-state index is 14.9. The smallest absolute Gasteiger partial charge is 0.237 e. The van der Waals surface area contributed by atoms with Gasteiger partial charge in [0, 0.05) is 85.4 Å². The van der Waals surface area contributed by atoms with Crippen LogP contribution in [0.15, 0.2) is 140 Å². The molecule has 2 fully saturated rings. The third-order valence-corrected chi connectivity index (χ3v) is 32.9. The summed E-state index contributed by atoms with van der Waals surface area (Å²) in [5, 5.41) is 37.4. The fraction of sp³-hybridized carbons (Fsp3) is 0.431. The van der Waals surface area contributed by atoms with E-state index in [1.54, 1.807) is 23.2 Å². The number of benzene rings is 2. The van der Waals surface area contributed by atoms with E-state index in [4.69, 9.17) is 13.2 Å². The van der Waals surface area contributed by atoms with Gasteiger partial charge in [0.2, 0.25) is 5.91 Å². The van der Waals surface area contributed by atoms with Gasteiger partial charge in [-0.25, -0.2) is 37.0 Å². The van der Waals surface area contributed by atoms with Gasteiger partial charge in [0.05, 0.1) is 58.6 Å². The standard InChI is InChI=1S/C31H40N8O2SSi.C26H32N8OSSi.CH4O/c1-29(2,3)28(40)38-17-14-25-26(33-22-34-27(25)38)23-18-35-39(19-23)31(15-16-32)20-37(21-31)42(41,24-12-10-9-11-13-24)36-43(7,8)30(4,5)6;1-25(2,3)37(4,5)32-36(35,21-9-7-6-8-10-21)33-17-26(18-33,12-13-27)34-16-20(15-31-34)23-22-11-14-28-24(22)30-19-29-23;1-2/h9-14,17-19,22H,15,20-21H2,1-8H3;6-11,14-16,19H,12,17-18H2,1-5H3,(H,28,29,30);2H,1H3. The van der Waals surface area contributed by atoms with Gasteiger partial charge in [-0.1, -0.05) is 98.7 Å². The molecule has 2 saturated heterocycles. The predicted molar refractivity (Wildman–Crippen MR) is 327 cm³/mol. The van der Waals surface area contributed by atoms with Gasteiger partial charge in [-0.15, -0.1) is 0 Å². The van der Waals surface area contributed by atoms with Crippen molar-refractivity contribution in [3.8, 4) is 34.7 Å². The minimum Gasteiger partial charge on any atom is -0.400 e. The number of aromatic amines is 1. The maximum atomic E-state index is 14.9. The van der Waals surface area contributed by atoms with Gasteiger partial charge >= 0.3 is 0 Å². The molecule has 20 nitrogen and oxygen atoms in total. The summed E-state index contributed by atoms with van der Waals surface area (Å²) in [5.41, 5.74) is 2.48. The van der Waals surface area contributed by atoms with Crippen molar-refractivity contribution in [2.45, 2.75) is 132 Å². The number of nitrogens with zero attached hydrogens (tertiary/aromatic N) is 15. The molecule has 2 atom stereocenters. The Balaban J connectivity index is 0.000000211. The Hall–Kier alpha value is -7.04. The van der Waals surface area contributed by atoms with Crippen molar-refractivity contribution in [2.24, 2.45) is 13.5 Å². The van der Waals surface area contributed by atoms with E-state index in [1.165, 1.54) is 12.7 Å². The third kappa shape index (κ3) is 11.4. The van der Waals surface area contributed by atoms with E-state index < -0.39 is 52.8 Å². The van der Waals surface area contributed by atoms with Crippen molar-refractivity contribution in [2.75, 3.05) is 33.3 Å². The van der Waals surface area contributed by atoms with Crippen LogP contribution in [-0.4, -0.2) is 127 Å². The fourth-order valence-corrected chi connectivity index (χ4v) is 21.6. The Bertz CT molecular complexity index is 3960. The molecule has 0 aliphatic carbocycles. The SMILES string of the molecule is CC(C)(C)C(=O)n1ccc2c(-c3cnn(C4(CC#N)CN(S(=O)(=N[Si](C)(C)C(C)(C)C)c5ccccc5)C4)c3)ncnc21.CC(C)(C)[Si](C)(C)N=S(=O)(c1ccccc1)N1CC(CC#N)(n2cc(-c3ncnc4[nH]ccc34)cn2)C1.CO. The van der Waals surface area contributed by atoms with Crippen molar-refractivity contribution in [1.82, 2.24) is 57.7 Å². The number of fused-ring (bicyclic) bond motifs is 2. The van der Waals surface area contributed by atoms with Gasteiger partial charge in [0.25, 0.3) is 0 Å². The summed E-state index contributed by atoms with van der Waals surface area (Å²) in [6.45, 7) is 28.8. The average Bonchev–Trinajstić information content (AvgIpc) is 4.24. The Morgan fingerprint density at radius 2 is 1.07 bits per heavy atom. The summed E-state index contributed by atoms with van der Waals surface area (Å²) < 4.78 is 49.1. The van der Waals surface area contributed by atoms with Crippen LogP contribution in [0.3, 0.4) is 0 Å². The van der Waals surface area contributed by atoms with Gasteiger partial charge in [0.1, 0.15) is 49.2 Å². The lowest BCUT2D eigenvalue weighted by Crippen LogP contribution is -2.64. The fourth-order valence-electron chi connectivity index (χ4n) is 9.37. The number of rotatable bonds is 12. The zero-order valence-corrected chi connectivity index (χ0v) is 53.1. The lowest BCUT2D eigenvalue weighted by atomic mass is 9.89. The molecule has 0 saturated carbocycles. The summed E-state index contributed by atoms with van der Waals surface area (Å²) in [6, 6.07) is 27.4. The van der Waals surface area contributed by atoms with Gasteiger partial charge in [-0.3, -0.25) is 26.8 Å². The highest BCUT2D eigenvalue weighted by molar-refractivity contribution is 7.92. The normalized spacial score (nSPS) is 17.0. The van der Waals surface area contributed by atoms with Crippen LogP contribution < -0.4 is 0 Å². The van der Waals surface area contributed by atoms with Gasteiger partial charge in [-0.2, -0.15) is 20.7 Å². The first-order chi connectivity index (χ1) is 38.5. The first-order valence-corrected chi connectivity index (χ1v) is 36.0. The van der Waals surface area contributed by atoms with Crippen molar-refractivity contribution in [1.29, 1.82) is 10.5 Å². The summed E-state index contributed by atoms with van der Waals surface area (Å²) in [4.78, 5) is 35.2. The molecule has 0 bridgehead atoms. The maximum Gasteiger partial charge on any atom is 0.237 e. The van der Waals surface area contributed by atoms with Crippen LogP contribution >= 0.6 is 0 Å². The van der Waals surface area contributed by atoms with E-state index in [9.17, 15) is 23.7 Å². The topological polar surface area (TPSA) is 258 Å². The van der Waals surface area contributed by atoms with E-state index >= 15 is 0 Å². The number of nitrogens with one attached hydrogen (secondary N) is 1. The molecule has 82 heavy (non-hydrogen) atoms. The Morgan fingerprint density at radius 1 is 0.646 bits per heavy atom. The van der Waals surface area contributed by atoms with Crippen molar-refractivity contribution >= 4 is 64.3 Å². The van der Waals surface area contributed by atoms with Crippen molar-refractivity contribution in [3.05, 3.63) is 123 Å². The second-order valence-electron chi connectivity index (χ2n) is 25.1. The van der Waals surface area contributed by atoms with E-state index in [2.05, 4.69) is 115 Å². The molecule has 8 aromatic rings. The molecule has 0 spiro atoms. The Kier molecular flexibility index (Phi) is 16.8. The molecule has 2 aliphatic heterocycles. The number of H-pyrrole nitrogens is 1. The first kappa shape index (κ1) is 61.0. The molecule has 6 aromatic heterocycles. The van der Waals surface area contributed by atoms with Crippen molar-refractivity contribution < 1.29 is 18.3 Å². The minimum atomic E-state index is -2.93. The van der Waals surface area contributed by atoms with Crippen LogP contribution in [0.25, 0.3) is 44.6 Å². The molecule has 0 radical (unpaired) electrons. The van der Waals surface area contributed by atoms with E-state index in [0.29, 0.717) is 47.3 Å². The number of nitriles is 2. The zero-order valence-electron chi connectivity index (χ0n) is 49.5. The van der Waals surface area contributed by atoms with E-state index in [1.807, 2.05) is 130 Å². The molecule has 2 aromatic carbocycles. The lowest BCUT2D eigenvalue weighted by Gasteiger charge is -2.50. The second-order valence-corrected chi connectivity index (χ2v) is 39.8. The molecular formula is C58H76N16O4S2Si2. The number of carbonyl (C=O) groups excluding carboxylic acids is 1. The highest BCUT2D eigenvalue weighted by Gasteiger charge is 2.53. The Labute approximate surface area is 484 Å². The highest BCUT2D eigenvalue weighted by atomic mass is 32.2. The van der Waals surface area contributed by atoms with E-state index in [-0.39, 0.29) is 28.8 Å². The molecular weight excluding hydrogens is 1110 g/mol. The molecule has 2 unspecified atom stereocenters. The van der Waals surface area contributed by atoms with Crippen LogP contribution in [0, 0.1) is 28.1 Å². The zero-order chi connectivity index (χ0) is 59.9. The number of aliphatic hydroxyl groups excluding tert-OH is 1. The predicted octanol–water partition coefficient (Wildman–Crippen LogP) is 11.2.